The van der Waals surface area contributed by atoms with E-state index < -0.39 is 0 Å². The van der Waals surface area contributed by atoms with Crippen molar-refractivity contribution >= 4 is 5.78 Å². The Morgan fingerprint density at radius 1 is 1.40 bits per heavy atom. The van der Waals surface area contributed by atoms with Crippen LogP contribution in [0.4, 0.5) is 0 Å². The molecule has 0 N–H and O–H groups in total. The number of hydrogen-bond donors (Lipinski definition) is 0. The van der Waals surface area contributed by atoms with Crippen molar-refractivity contribution in [3.63, 3.8) is 0 Å². The normalized spacial score (nSPS) is 15.1. The molecule has 0 heterocycles. The monoisotopic (exact) mass is 200 g/mol. The fraction of sp³-hybridized carbons (Fsp3) is 0.214. The van der Waals surface area contributed by atoms with Gasteiger partial charge in [-0.05, 0) is 30.9 Å². The average molecular weight is 200 g/mol. The van der Waals surface area contributed by atoms with E-state index in [0.29, 0.717) is 5.57 Å². The molecule has 0 atom stereocenters. The van der Waals surface area contributed by atoms with Gasteiger partial charge >= 0.3 is 0 Å². The molecule has 0 bridgehead atoms. The van der Waals surface area contributed by atoms with Gasteiger partial charge in [-0.2, -0.15) is 0 Å². The Balaban J connectivity index is 2.63. The fourth-order valence-corrected chi connectivity index (χ4v) is 1.30. The summed E-state index contributed by atoms with van der Waals surface area (Å²) in [5, 5.41) is 0. The molecule has 0 unspecified atom stereocenters. The molecule has 0 saturated carbocycles. The average Bonchev–Trinajstić information content (AvgIpc) is 2.26. The maximum atomic E-state index is 10.9. The van der Waals surface area contributed by atoms with Crippen molar-refractivity contribution in [2.45, 2.75) is 19.8 Å². The van der Waals surface area contributed by atoms with Crippen LogP contribution in [0.25, 0.3) is 0 Å². The lowest BCUT2D eigenvalue weighted by atomic mass is 9.97. The van der Waals surface area contributed by atoms with Crippen molar-refractivity contribution in [1.29, 1.82) is 0 Å². The minimum Gasteiger partial charge on any atom is -0.295 e. The van der Waals surface area contributed by atoms with E-state index in [1.807, 2.05) is 12.2 Å². The van der Waals surface area contributed by atoms with Crippen LogP contribution in [-0.2, 0) is 4.79 Å². The van der Waals surface area contributed by atoms with Crippen LogP contribution in [0.2, 0.25) is 0 Å². The summed E-state index contributed by atoms with van der Waals surface area (Å²) in [5.41, 5.74) is 2.70. The first kappa shape index (κ1) is 11.4. The van der Waals surface area contributed by atoms with Gasteiger partial charge in [0.1, 0.15) is 0 Å². The third kappa shape index (κ3) is 3.55. The van der Waals surface area contributed by atoms with Gasteiger partial charge in [0.2, 0.25) is 0 Å². The molecule has 78 valence electrons. The molecule has 1 nitrogen and oxygen atoms in total. The predicted octanol–water partition coefficient (Wildman–Crippen LogP) is 3.52. The van der Waals surface area contributed by atoms with Gasteiger partial charge in [-0.3, -0.25) is 4.79 Å². The number of rotatable bonds is 4. The fourth-order valence-electron chi connectivity index (χ4n) is 1.30. The maximum absolute atomic E-state index is 10.9. The summed E-state index contributed by atoms with van der Waals surface area (Å²) in [6, 6.07) is 0. The molecular formula is C14H16O. The zero-order valence-corrected chi connectivity index (χ0v) is 9.12. The zero-order valence-electron chi connectivity index (χ0n) is 9.12. The van der Waals surface area contributed by atoms with E-state index in [-0.39, 0.29) is 5.78 Å². The van der Waals surface area contributed by atoms with Crippen LogP contribution in [0.1, 0.15) is 19.8 Å². The number of allylic oxidation sites excluding steroid dienone is 8. The van der Waals surface area contributed by atoms with Gasteiger partial charge in [0.05, 0.1) is 0 Å². The van der Waals surface area contributed by atoms with Crippen molar-refractivity contribution in [2.24, 2.45) is 0 Å². The smallest absolute Gasteiger partial charge is 0.159 e. The SMILES string of the molecule is C=C(/C=C\C(=C)C1=CC=CCC1)C(C)=O. The van der Waals surface area contributed by atoms with Crippen LogP contribution >= 0.6 is 0 Å². The van der Waals surface area contributed by atoms with E-state index in [2.05, 4.69) is 25.3 Å². The Hall–Kier alpha value is -1.63. The summed E-state index contributed by atoms with van der Waals surface area (Å²) in [6.07, 6.45) is 11.9. The lowest BCUT2D eigenvalue weighted by molar-refractivity contribution is -0.113. The van der Waals surface area contributed by atoms with E-state index >= 15 is 0 Å². The maximum Gasteiger partial charge on any atom is 0.159 e. The number of hydrogen-bond acceptors (Lipinski definition) is 1. The van der Waals surface area contributed by atoms with Crippen LogP contribution in [0, 0.1) is 0 Å². The Morgan fingerprint density at radius 3 is 2.67 bits per heavy atom. The largest absolute Gasteiger partial charge is 0.295 e. The molecule has 1 aliphatic carbocycles. The third-order valence-electron chi connectivity index (χ3n) is 2.36. The van der Waals surface area contributed by atoms with Gasteiger partial charge in [-0.15, -0.1) is 0 Å². The van der Waals surface area contributed by atoms with Gasteiger partial charge in [0.25, 0.3) is 0 Å². The van der Waals surface area contributed by atoms with Crippen molar-refractivity contribution in [3.8, 4) is 0 Å². The van der Waals surface area contributed by atoms with Crippen LogP contribution < -0.4 is 0 Å². The highest BCUT2D eigenvalue weighted by molar-refractivity contribution is 5.95. The van der Waals surface area contributed by atoms with Crippen molar-refractivity contribution in [3.05, 3.63) is 60.3 Å². The first-order valence-corrected chi connectivity index (χ1v) is 5.04. The van der Waals surface area contributed by atoms with Crippen molar-refractivity contribution in [1.82, 2.24) is 0 Å². The molecule has 1 rings (SSSR count). The molecule has 0 saturated heterocycles. The second-order valence-corrected chi connectivity index (χ2v) is 3.60. The molecule has 0 aromatic rings. The Morgan fingerprint density at radius 2 is 2.13 bits per heavy atom. The lowest BCUT2D eigenvalue weighted by Gasteiger charge is -2.08. The van der Waals surface area contributed by atoms with Gasteiger partial charge in [-0.1, -0.05) is 43.5 Å². The molecule has 1 aliphatic rings. The minimum absolute atomic E-state index is 0.00318. The van der Waals surface area contributed by atoms with Crippen molar-refractivity contribution < 1.29 is 4.79 Å². The van der Waals surface area contributed by atoms with Gasteiger partial charge in [0.15, 0.2) is 5.78 Å². The molecular weight excluding hydrogens is 184 g/mol. The quantitative estimate of drug-likeness (QED) is 0.501. The first-order valence-electron chi connectivity index (χ1n) is 5.04. The highest BCUT2D eigenvalue weighted by Crippen LogP contribution is 2.20. The zero-order chi connectivity index (χ0) is 11.3. The van der Waals surface area contributed by atoms with Crippen molar-refractivity contribution in [2.75, 3.05) is 0 Å². The molecule has 0 aromatic heterocycles. The second kappa shape index (κ2) is 5.30. The predicted molar refractivity (Wildman–Crippen MR) is 64.6 cm³/mol. The van der Waals surface area contributed by atoms with Gasteiger partial charge in [0, 0.05) is 5.57 Å². The molecule has 0 spiro atoms. The standard InChI is InChI=1S/C14H16O/c1-11(13(3)15)9-10-12(2)14-7-5-4-6-8-14/h4-5,7,9-10H,1-2,6,8H2,3H3/b10-9-. The molecule has 0 amide bonds. The summed E-state index contributed by atoms with van der Waals surface area (Å²) >= 11 is 0. The highest BCUT2D eigenvalue weighted by Gasteiger charge is 2.01. The molecule has 1 heteroatoms. The molecule has 0 aromatic carbocycles. The summed E-state index contributed by atoms with van der Waals surface area (Å²) in [6.45, 7) is 9.14. The van der Waals surface area contributed by atoms with Crippen LogP contribution in [-0.4, -0.2) is 5.78 Å². The highest BCUT2D eigenvalue weighted by atomic mass is 16.1. The third-order valence-corrected chi connectivity index (χ3v) is 2.36. The van der Waals surface area contributed by atoms with E-state index in [1.54, 1.807) is 6.08 Å². The van der Waals surface area contributed by atoms with Gasteiger partial charge in [-0.25, -0.2) is 0 Å². The molecule has 0 radical (unpaired) electrons. The van der Waals surface area contributed by atoms with Gasteiger partial charge < -0.3 is 0 Å². The lowest BCUT2D eigenvalue weighted by Crippen LogP contribution is -1.92. The summed E-state index contributed by atoms with van der Waals surface area (Å²) < 4.78 is 0. The summed E-state index contributed by atoms with van der Waals surface area (Å²) in [7, 11) is 0. The van der Waals surface area contributed by atoms with E-state index in [1.165, 1.54) is 12.5 Å². The Bertz CT molecular complexity index is 378. The number of Topliss-reactive ketones (excluding diaryl/α,β-unsaturated/α-hetero) is 1. The minimum atomic E-state index is -0.00318. The Labute approximate surface area is 91.2 Å². The second-order valence-electron chi connectivity index (χ2n) is 3.60. The first-order chi connectivity index (χ1) is 7.11. The van der Waals surface area contributed by atoms with Crippen LogP contribution in [0.15, 0.2) is 60.3 Å². The summed E-state index contributed by atoms with van der Waals surface area (Å²) in [4.78, 5) is 10.9. The Kier molecular flexibility index (Phi) is 4.04. The number of ketones is 1. The van der Waals surface area contributed by atoms with E-state index in [0.717, 1.165) is 18.4 Å². The molecule has 0 aliphatic heterocycles. The number of carbonyl (C=O) groups excluding carboxylic acids is 1. The number of carbonyl (C=O) groups is 1. The van der Waals surface area contributed by atoms with E-state index in [9.17, 15) is 4.79 Å². The van der Waals surface area contributed by atoms with E-state index in [4.69, 9.17) is 0 Å². The molecule has 15 heavy (non-hydrogen) atoms. The molecule has 0 fully saturated rings. The summed E-state index contributed by atoms with van der Waals surface area (Å²) in [5.74, 6) is -0.00318. The topological polar surface area (TPSA) is 17.1 Å². The van der Waals surface area contributed by atoms with Crippen LogP contribution in [0.5, 0.6) is 0 Å². The van der Waals surface area contributed by atoms with Crippen LogP contribution in [0.3, 0.4) is 0 Å².